The van der Waals surface area contributed by atoms with Crippen molar-refractivity contribution >= 4 is 36.3 Å². The zero-order valence-electron chi connectivity index (χ0n) is 14.3. The molecule has 0 N–H and O–H groups in total. The van der Waals surface area contributed by atoms with Gasteiger partial charge in [0.05, 0.1) is 22.4 Å². The number of hydrogen-bond acceptors (Lipinski definition) is 4. The minimum atomic E-state index is -4.00. The molecule has 0 amide bonds. The molecule has 0 bridgehead atoms. The van der Waals surface area contributed by atoms with Crippen molar-refractivity contribution in [2.45, 2.75) is 10.9 Å². The summed E-state index contributed by atoms with van der Waals surface area (Å²) in [5.74, 6) is -0.272. The number of para-hydroxylation sites is 1. The second-order valence-electron chi connectivity index (χ2n) is 6.34. The van der Waals surface area contributed by atoms with Gasteiger partial charge in [-0.25, -0.2) is 16.8 Å². The monoisotopic (exact) mass is 399 g/mol. The molecule has 0 fully saturated rings. The van der Waals surface area contributed by atoms with Gasteiger partial charge in [-0.2, -0.15) is 0 Å². The van der Waals surface area contributed by atoms with Crippen molar-refractivity contribution in [2.75, 3.05) is 10.1 Å². The second kappa shape index (κ2) is 6.51. The average molecular weight is 399 g/mol. The molecule has 3 aromatic rings. The molecule has 138 valence electrons. The number of rotatable bonds is 4. The van der Waals surface area contributed by atoms with E-state index in [2.05, 4.69) is 0 Å². The molecule has 7 heteroatoms. The highest BCUT2D eigenvalue weighted by atomic mass is 32.2. The first-order valence-electron chi connectivity index (χ1n) is 8.37. The fourth-order valence-electron chi connectivity index (χ4n) is 3.32. The predicted octanol–water partition coefficient (Wildman–Crippen LogP) is 3.35. The first-order valence-corrected chi connectivity index (χ1v) is 11.5. The Morgan fingerprint density at radius 1 is 0.852 bits per heavy atom. The fourth-order valence-corrected chi connectivity index (χ4v) is 6.50. The van der Waals surface area contributed by atoms with Crippen molar-refractivity contribution < 1.29 is 16.8 Å². The Kier molecular flexibility index (Phi) is 4.28. The molecule has 0 spiro atoms. The van der Waals surface area contributed by atoms with Crippen LogP contribution in [-0.4, -0.2) is 28.6 Å². The lowest BCUT2D eigenvalue weighted by Gasteiger charge is -2.29. The highest BCUT2D eigenvalue weighted by molar-refractivity contribution is 7.95. The first-order chi connectivity index (χ1) is 12.9. The summed E-state index contributed by atoms with van der Waals surface area (Å²) in [4.78, 5) is 0.155. The van der Waals surface area contributed by atoms with Crippen molar-refractivity contribution in [1.82, 2.24) is 0 Å². The van der Waals surface area contributed by atoms with Gasteiger partial charge in [-0.1, -0.05) is 54.6 Å². The maximum atomic E-state index is 13.6. The SMILES string of the molecule is O=S1(=O)C=CC(N(c2ccccc2)S(=O)(=O)c2cccc3ccccc23)C1. The van der Waals surface area contributed by atoms with Gasteiger partial charge >= 0.3 is 0 Å². The summed E-state index contributed by atoms with van der Waals surface area (Å²) in [6.45, 7) is 0. The van der Waals surface area contributed by atoms with E-state index in [0.29, 0.717) is 11.1 Å². The van der Waals surface area contributed by atoms with Gasteiger partial charge in [0, 0.05) is 10.8 Å². The van der Waals surface area contributed by atoms with E-state index in [-0.39, 0.29) is 10.6 Å². The molecule has 0 radical (unpaired) electrons. The lowest BCUT2D eigenvalue weighted by molar-refractivity contribution is 0.587. The third-order valence-corrected chi connectivity index (χ3v) is 7.80. The quantitative estimate of drug-likeness (QED) is 0.675. The van der Waals surface area contributed by atoms with Crippen LogP contribution in [-0.2, 0) is 19.9 Å². The summed E-state index contributed by atoms with van der Waals surface area (Å²) >= 11 is 0. The van der Waals surface area contributed by atoms with Gasteiger partial charge in [0.25, 0.3) is 10.0 Å². The summed E-state index contributed by atoms with van der Waals surface area (Å²) in [5.41, 5.74) is 0.428. The molecular weight excluding hydrogens is 382 g/mol. The van der Waals surface area contributed by atoms with E-state index >= 15 is 0 Å². The van der Waals surface area contributed by atoms with Gasteiger partial charge in [-0.3, -0.25) is 4.31 Å². The highest BCUT2D eigenvalue weighted by Crippen LogP contribution is 2.32. The van der Waals surface area contributed by atoms with Crippen LogP contribution in [0.15, 0.2) is 89.2 Å². The van der Waals surface area contributed by atoms with Crippen molar-refractivity contribution in [3.8, 4) is 0 Å². The Hall–Kier alpha value is -2.64. The zero-order chi connectivity index (χ0) is 19.1. The van der Waals surface area contributed by atoms with Gasteiger partial charge < -0.3 is 0 Å². The molecule has 1 atom stereocenters. The average Bonchev–Trinajstić information content (AvgIpc) is 3.01. The van der Waals surface area contributed by atoms with E-state index in [1.54, 1.807) is 54.6 Å². The predicted molar refractivity (Wildman–Crippen MR) is 107 cm³/mol. The van der Waals surface area contributed by atoms with E-state index in [1.165, 1.54) is 10.4 Å². The molecule has 1 aliphatic rings. The summed E-state index contributed by atoms with van der Waals surface area (Å²) in [7, 11) is -7.42. The molecule has 0 aliphatic carbocycles. The molecule has 0 saturated heterocycles. The van der Waals surface area contributed by atoms with Crippen molar-refractivity contribution in [3.63, 3.8) is 0 Å². The smallest absolute Gasteiger partial charge is 0.258 e. The van der Waals surface area contributed by atoms with Gasteiger partial charge in [0.15, 0.2) is 9.84 Å². The summed E-state index contributed by atoms with van der Waals surface area (Å²) in [5, 5.41) is 2.50. The highest BCUT2D eigenvalue weighted by Gasteiger charge is 2.36. The van der Waals surface area contributed by atoms with E-state index < -0.39 is 25.9 Å². The van der Waals surface area contributed by atoms with Crippen molar-refractivity contribution in [2.24, 2.45) is 0 Å². The molecule has 5 nitrogen and oxygen atoms in total. The van der Waals surface area contributed by atoms with Crippen LogP contribution in [0, 0.1) is 0 Å². The Bertz CT molecular complexity index is 1230. The summed E-state index contributed by atoms with van der Waals surface area (Å²) in [6, 6.07) is 20.1. The van der Waals surface area contributed by atoms with Crippen LogP contribution in [0.1, 0.15) is 0 Å². The molecule has 0 saturated carbocycles. The van der Waals surface area contributed by atoms with Crippen molar-refractivity contribution in [3.05, 3.63) is 84.3 Å². The number of benzene rings is 3. The number of sulfonamides is 1. The zero-order valence-corrected chi connectivity index (χ0v) is 15.9. The lowest BCUT2D eigenvalue weighted by Crippen LogP contribution is -2.41. The maximum absolute atomic E-state index is 13.6. The Labute approximate surface area is 158 Å². The number of hydrogen-bond donors (Lipinski definition) is 0. The van der Waals surface area contributed by atoms with Crippen LogP contribution < -0.4 is 4.31 Å². The van der Waals surface area contributed by atoms with Gasteiger partial charge in [0.1, 0.15) is 0 Å². The summed E-state index contributed by atoms with van der Waals surface area (Å²) in [6.07, 6.45) is 1.44. The molecule has 1 heterocycles. The third kappa shape index (κ3) is 3.24. The first kappa shape index (κ1) is 17.8. The van der Waals surface area contributed by atoms with E-state index in [9.17, 15) is 16.8 Å². The van der Waals surface area contributed by atoms with Crippen molar-refractivity contribution in [1.29, 1.82) is 0 Å². The molecule has 3 aromatic carbocycles. The lowest BCUT2D eigenvalue weighted by atomic mass is 10.1. The fraction of sp³-hybridized carbons (Fsp3) is 0.100. The summed E-state index contributed by atoms with van der Waals surface area (Å²) < 4.78 is 52.4. The van der Waals surface area contributed by atoms with Crippen LogP contribution in [0.5, 0.6) is 0 Å². The maximum Gasteiger partial charge on any atom is 0.265 e. The minimum absolute atomic E-state index is 0.155. The van der Waals surface area contributed by atoms with Gasteiger partial charge in [0.2, 0.25) is 0 Å². The number of nitrogens with zero attached hydrogens (tertiary/aromatic N) is 1. The van der Waals surface area contributed by atoms with Crippen LogP contribution in [0.3, 0.4) is 0 Å². The van der Waals surface area contributed by atoms with Crippen LogP contribution >= 0.6 is 0 Å². The molecular formula is C20H17NO4S2. The normalized spacial score (nSPS) is 18.6. The minimum Gasteiger partial charge on any atom is -0.258 e. The topological polar surface area (TPSA) is 71.5 Å². The Morgan fingerprint density at radius 3 is 2.22 bits per heavy atom. The largest absolute Gasteiger partial charge is 0.265 e. The Balaban J connectivity index is 1.93. The van der Waals surface area contributed by atoms with Crippen LogP contribution in [0.25, 0.3) is 10.8 Å². The number of anilines is 1. The number of sulfone groups is 1. The standard InChI is InChI=1S/C20H17NO4S2/c22-26(23)14-13-18(15-26)21(17-9-2-1-3-10-17)27(24,25)20-12-6-8-16-7-4-5-11-19(16)20/h1-14,18H,15H2. The van der Waals surface area contributed by atoms with E-state index in [4.69, 9.17) is 0 Å². The van der Waals surface area contributed by atoms with Crippen LogP contribution in [0.4, 0.5) is 5.69 Å². The van der Waals surface area contributed by atoms with E-state index in [0.717, 1.165) is 10.8 Å². The second-order valence-corrected chi connectivity index (χ2v) is 10.1. The van der Waals surface area contributed by atoms with E-state index in [1.807, 2.05) is 18.2 Å². The molecule has 0 aromatic heterocycles. The molecule has 27 heavy (non-hydrogen) atoms. The third-order valence-electron chi connectivity index (χ3n) is 4.51. The molecule has 4 rings (SSSR count). The van der Waals surface area contributed by atoms with Crippen LogP contribution in [0.2, 0.25) is 0 Å². The Morgan fingerprint density at radius 2 is 1.52 bits per heavy atom. The van der Waals surface area contributed by atoms with Gasteiger partial charge in [-0.05, 0) is 29.7 Å². The number of fused-ring (bicyclic) bond motifs is 1. The molecule has 1 unspecified atom stereocenters. The molecule has 1 aliphatic heterocycles. The van der Waals surface area contributed by atoms with Gasteiger partial charge in [-0.15, -0.1) is 0 Å².